The van der Waals surface area contributed by atoms with Crippen molar-refractivity contribution in [3.8, 4) is 11.1 Å². The number of aromatic nitrogens is 1. The number of anilines is 1. The number of carbonyl (C=O) groups is 1. The summed E-state index contributed by atoms with van der Waals surface area (Å²) in [5.41, 5.74) is 4.85. The minimum atomic E-state index is -0.174. The Morgan fingerprint density at radius 3 is 2.32 bits per heavy atom. The van der Waals surface area contributed by atoms with Gasteiger partial charge in [0.15, 0.2) is 0 Å². The first-order valence-electron chi connectivity index (χ1n) is 10.7. The number of amides is 1. The van der Waals surface area contributed by atoms with E-state index >= 15 is 0 Å². The highest BCUT2D eigenvalue weighted by molar-refractivity contribution is 6.30. The number of pyridine rings is 1. The van der Waals surface area contributed by atoms with Gasteiger partial charge in [-0.15, -0.1) is 0 Å². The Hall–Kier alpha value is -2.95. The minimum Gasteiger partial charge on any atom is -0.323 e. The number of carbonyl (C=O) groups excluding carboxylic acids is 1. The molecule has 2 aromatic carbocycles. The van der Waals surface area contributed by atoms with E-state index in [2.05, 4.69) is 27.3 Å². The van der Waals surface area contributed by atoms with Crippen LogP contribution in [0.4, 0.5) is 5.69 Å². The van der Waals surface area contributed by atoms with E-state index < -0.39 is 0 Å². The number of hydrogen-bond acceptors (Lipinski definition) is 3. The van der Waals surface area contributed by atoms with Crippen LogP contribution in [0, 0.1) is 0 Å². The fourth-order valence-electron chi connectivity index (χ4n) is 3.73. The second-order valence-electron chi connectivity index (χ2n) is 7.83. The van der Waals surface area contributed by atoms with Crippen molar-refractivity contribution in [1.82, 2.24) is 9.88 Å². The second kappa shape index (κ2) is 10.4. The van der Waals surface area contributed by atoms with Crippen molar-refractivity contribution >= 4 is 29.3 Å². The van der Waals surface area contributed by atoms with E-state index in [1.54, 1.807) is 12.3 Å². The number of rotatable bonds is 6. The zero-order chi connectivity index (χ0) is 21.5. The molecule has 4 nitrogen and oxygen atoms in total. The van der Waals surface area contributed by atoms with Crippen molar-refractivity contribution in [2.75, 3.05) is 18.4 Å². The van der Waals surface area contributed by atoms with Crippen LogP contribution in [0.5, 0.6) is 0 Å². The number of likely N-dealkylation sites (tertiary alicyclic amines) is 1. The minimum absolute atomic E-state index is 0.174. The van der Waals surface area contributed by atoms with Gasteiger partial charge < -0.3 is 5.32 Å². The summed E-state index contributed by atoms with van der Waals surface area (Å²) in [6.45, 7) is 3.34. The standard InChI is InChI=1S/C26H26ClN3O/c27-23-9-6-21(7-10-23)22-8-13-24(28-18-22)14-15-26(31)29-25-11-4-20(5-12-25)19-30-16-2-1-3-17-30/h4-15,18H,1-3,16-17,19H2,(H,29,31). The molecule has 2 heterocycles. The summed E-state index contributed by atoms with van der Waals surface area (Å²) in [7, 11) is 0. The molecule has 1 N–H and O–H groups in total. The van der Waals surface area contributed by atoms with Crippen LogP contribution < -0.4 is 5.32 Å². The second-order valence-corrected chi connectivity index (χ2v) is 8.27. The highest BCUT2D eigenvalue weighted by Crippen LogP contribution is 2.21. The van der Waals surface area contributed by atoms with Gasteiger partial charge >= 0.3 is 0 Å². The van der Waals surface area contributed by atoms with Gasteiger partial charge in [-0.25, -0.2) is 0 Å². The van der Waals surface area contributed by atoms with Crippen LogP contribution >= 0.6 is 11.6 Å². The van der Waals surface area contributed by atoms with E-state index in [-0.39, 0.29) is 5.91 Å². The molecule has 0 unspecified atom stereocenters. The molecule has 0 spiro atoms. The molecule has 0 saturated carbocycles. The molecule has 1 aliphatic heterocycles. The molecule has 1 fully saturated rings. The van der Waals surface area contributed by atoms with E-state index in [0.717, 1.165) is 29.1 Å². The normalized spacial score (nSPS) is 14.6. The fraction of sp³-hybridized carbons (Fsp3) is 0.231. The molecular formula is C26H26ClN3O. The Morgan fingerprint density at radius 1 is 0.935 bits per heavy atom. The zero-order valence-electron chi connectivity index (χ0n) is 17.4. The van der Waals surface area contributed by atoms with E-state index in [1.165, 1.54) is 44.0 Å². The topological polar surface area (TPSA) is 45.2 Å². The third kappa shape index (κ3) is 6.27. The highest BCUT2D eigenvalue weighted by atomic mass is 35.5. The maximum Gasteiger partial charge on any atom is 0.248 e. The molecule has 31 heavy (non-hydrogen) atoms. The third-order valence-corrected chi connectivity index (χ3v) is 5.70. The molecule has 5 heteroatoms. The van der Waals surface area contributed by atoms with Gasteiger partial charge in [-0.1, -0.05) is 48.4 Å². The van der Waals surface area contributed by atoms with Gasteiger partial charge in [0.1, 0.15) is 0 Å². The number of halogens is 1. The maximum atomic E-state index is 12.3. The lowest BCUT2D eigenvalue weighted by atomic mass is 10.1. The van der Waals surface area contributed by atoms with Gasteiger partial charge in [-0.2, -0.15) is 0 Å². The molecule has 1 aromatic heterocycles. The molecule has 1 aliphatic rings. The van der Waals surface area contributed by atoms with Crippen LogP contribution in [0.1, 0.15) is 30.5 Å². The van der Waals surface area contributed by atoms with Crippen molar-refractivity contribution in [2.45, 2.75) is 25.8 Å². The number of hydrogen-bond donors (Lipinski definition) is 1. The monoisotopic (exact) mass is 431 g/mol. The van der Waals surface area contributed by atoms with Gasteiger partial charge in [0.05, 0.1) is 5.69 Å². The predicted molar refractivity (Wildman–Crippen MR) is 128 cm³/mol. The highest BCUT2D eigenvalue weighted by Gasteiger charge is 2.10. The van der Waals surface area contributed by atoms with E-state index in [0.29, 0.717) is 5.02 Å². The number of nitrogens with zero attached hydrogens (tertiary/aromatic N) is 2. The first-order chi connectivity index (χ1) is 15.2. The van der Waals surface area contributed by atoms with Crippen LogP contribution in [0.3, 0.4) is 0 Å². The van der Waals surface area contributed by atoms with Gasteiger partial charge in [0.2, 0.25) is 5.91 Å². The van der Waals surface area contributed by atoms with Gasteiger partial charge in [0, 0.05) is 35.1 Å². The van der Waals surface area contributed by atoms with Crippen molar-refractivity contribution in [1.29, 1.82) is 0 Å². The molecule has 4 rings (SSSR count). The van der Waals surface area contributed by atoms with E-state index in [9.17, 15) is 4.79 Å². The Bertz CT molecular complexity index is 1020. The Kier molecular flexibility index (Phi) is 7.13. The third-order valence-electron chi connectivity index (χ3n) is 5.45. The van der Waals surface area contributed by atoms with Crippen LogP contribution in [-0.4, -0.2) is 28.9 Å². The maximum absolute atomic E-state index is 12.3. The summed E-state index contributed by atoms with van der Waals surface area (Å²) >= 11 is 5.94. The quantitative estimate of drug-likeness (QED) is 0.484. The average Bonchev–Trinajstić information content (AvgIpc) is 2.81. The van der Waals surface area contributed by atoms with Crippen LogP contribution in [0.2, 0.25) is 5.02 Å². The van der Waals surface area contributed by atoms with Crippen LogP contribution in [0.25, 0.3) is 17.2 Å². The molecule has 0 radical (unpaired) electrons. The predicted octanol–water partition coefficient (Wildman–Crippen LogP) is 6.04. The molecule has 158 valence electrons. The van der Waals surface area contributed by atoms with Crippen LogP contribution in [0.15, 0.2) is 72.9 Å². The van der Waals surface area contributed by atoms with E-state index in [1.807, 2.05) is 48.5 Å². The fourth-order valence-corrected chi connectivity index (χ4v) is 3.86. The summed E-state index contributed by atoms with van der Waals surface area (Å²) in [6, 6.07) is 19.6. The zero-order valence-corrected chi connectivity index (χ0v) is 18.2. The van der Waals surface area contributed by atoms with Gasteiger partial charge in [-0.3, -0.25) is 14.7 Å². The summed E-state index contributed by atoms with van der Waals surface area (Å²) in [5, 5.41) is 3.61. The van der Waals surface area contributed by atoms with Crippen molar-refractivity contribution in [3.05, 3.63) is 89.2 Å². The summed E-state index contributed by atoms with van der Waals surface area (Å²) in [4.78, 5) is 19.2. The lowest BCUT2D eigenvalue weighted by Gasteiger charge is -2.26. The molecule has 0 aliphatic carbocycles. The van der Waals surface area contributed by atoms with Crippen molar-refractivity contribution < 1.29 is 4.79 Å². The Balaban J connectivity index is 1.30. The number of benzene rings is 2. The first-order valence-corrected chi connectivity index (χ1v) is 11.1. The smallest absolute Gasteiger partial charge is 0.248 e. The van der Waals surface area contributed by atoms with Gasteiger partial charge in [-0.05, 0) is 73.5 Å². The van der Waals surface area contributed by atoms with Crippen LogP contribution in [-0.2, 0) is 11.3 Å². The molecular weight excluding hydrogens is 406 g/mol. The van der Waals surface area contributed by atoms with Crippen molar-refractivity contribution in [3.63, 3.8) is 0 Å². The Labute approximate surface area is 188 Å². The molecule has 3 aromatic rings. The Morgan fingerprint density at radius 2 is 1.65 bits per heavy atom. The summed E-state index contributed by atoms with van der Waals surface area (Å²) in [6.07, 6.45) is 8.94. The lowest BCUT2D eigenvalue weighted by molar-refractivity contribution is -0.111. The summed E-state index contributed by atoms with van der Waals surface area (Å²) in [5.74, 6) is -0.174. The molecule has 1 saturated heterocycles. The lowest BCUT2D eigenvalue weighted by Crippen LogP contribution is -2.29. The van der Waals surface area contributed by atoms with Gasteiger partial charge in [0.25, 0.3) is 0 Å². The first kappa shape index (κ1) is 21.3. The molecule has 0 atom stereocenters. The van der Waals surface area contributed by atoms with E-state index in [4.69, 9.17) is 11.6 Å². The summed E-state index contributed by atoms with van der Waals surface area (Å²) < 4.78 is 0. The van der Waals surface area contributed by atoms with Crippen molar-refractivity contribution in [2.24, 2.45) is 0 Å². The number of nitrogens with one attached hydrogen (secondary N) is 1. The SMILES string of the molecule is O=C(C=Cc1ccc(-c2ccc(Cl)cc2)cn1)Nc1ccc(CN2CCCCC2)cc1. The molecule has 0 bridgehead atoms. The average molecular weight is 432 g/mol. The number of piperidine rings is 1. The molecule has 1 amide bonds. The largest absolute Gasteiger partial charge is 0.323 e.